The molecule has 0 aromatic carbocycles. The molecule has 0 radical (unpaired) electrons. The van der Waals surface area contributed by atoms with Crippen molar-refractivity contribution >= 4 is 0 Å². The topological polar surface area (TPSA) is 26.0 Å². The Morgan fingerprint density at radius 3 is 2.38 bits per heavy atom. The van der Waals surface area contributed by atoms with Gasteiger partial charge in [0.2, 0.25) is 0 Å². The van der Waals surface area contributed by atoms with E-state index in [9.17, 15) is 0 Å². The normalized spacial score (nSPS) is 14.6. The lowest BCUT2D eigenvalue weighted by Gasteiger charge is -2.11. The third kappa shape index (κ3) is 6.83. The van der Waals surface area contributed by atoms with Gasteiger partial charge in [-0.1, -0.05) is 37.8 Å². The number of rotatable bonds is 7. The summed E-state index contributed by atoms with van der Waals surface area (Å²) < 4.78 is 0. The van der Waals surface area contributed by atoms with Crippen LogP contribution in [0.2, 0.25) is 0 Å². The minimum Gasteiger partial charge on any atom is -0.330 e. The smallest absolute Gasteiger partial charge is 0.00773 e. The molecule has 1 heteroatoms. The van der Waals surface area contributed by atoms with Crippen LogP contribution in [-0.2, 0) is 0 Å². The van der Waals surface area contributed by atoms with Gasteiger partial charge in [0.25, 0.3) is 0 Å². The van der Waals surface area contributed by atoms with Crippen LogP contribution in [0.25, 0.3) is 0 Å². The Hall–Kier alpha value is -0.300. The molecular weight excluding hydrogens is 158 g/mol. The van der Waals surface area contributed by atoms with Gasteiger partial charge in [-0.05, 0) is 39.2 Å². The molecule has 0 spiro atoms. The summed E-state index contributed by atoms with van der Waals surface area (Å²) in [5, 5.41) is 0. The Morgan fingerprint density at radius 2 is 1.85 bits per heavy atom. The molecule has 0 aliphatic rings. The van der Waals surface area contributed by atoms with Gasteiger partial charge in [-0.25, -0.2) is 0 Å². The van der Waals surface area contributed by atoms with E-state index in [0.29, 0.717) is 0 Å². The van der Waals surface area contributed by atoms with Crippen LogP contribution >= 0.6 is 0 Å². The zero-order valence-electron chi connectivity index (χ0n) is 9.47. The van der Waals surface area contributed by atoms with Crippen molar-refractivity contribution in [2.45, 2.75) is 52.9 Å². The fourth-order valence-corrected chi connectivity index (χ4v) is 1.46. The van der Waals surface area contributed by atoms with Crippen LogP contribution in [0.15, 0.2) is 11.6 Å². The molecule has 0 rings (SSSR count). The van der Waals surface area contributed by atoms with Crippen molar-refractivity contribution in [3.05, 3.63) is 11.6 Å². The SMILES string of the molecule is C/C=C(\C)C(C)CCCCCCN. The summed E-state index contributed by atoms with van der Waals surface area (Å²) in [4.78, 5) is 0. The molecule has 0 heterocycles. The van der Waals surface area contributed by atoms with Gasteiger partial charge in [-0.15, -0.1) is 0 Å². The van der Waals surface area contributed by atoms with Crippen LogP contribution in [0.5, 0.6) is 0 Å². The van der Waals surface area contributed by atoms with Gasteiger partial charge in [0, 0.05) is 0 Å². The van der Waals surface area contributed by atoms with E-state index in [1.54, 1.807) is 0 Å². The maximum absolute atomic E-state index is 5.43. The van der Waals surface area contributed by atoms with E-state index in [1.165, 1.54) is 37.7 Å². The van der Waals surface area contributed by atoms with Gasteiger partial charge < -0.3 is 5.73 Å². The second-order valence-electron chi connectivity index (χ2n) is 3.93. The van der Waals surface area contributed by atoms with E-state index in [4.69, 9.17) is 5.73 Å². The Labute approximate surface area is 83.4 Å². The van der Waals surface area contributed by atoms with Gasteiger partial charge in [0.15, 0.2) is 0 Å². The number of hydrogen-bond donors (Lipinski definition) is 1. The van der Waals surface area contributed by atoms with Crippen molar-refractivity contribution in [3.63, 3.8) is 0 Å². The minimum atomic E-state index is 0.767. The molecule has 0 aromatic heterocycles. The average Bonchev–Trinajstić information content (AvgIpc) is 2.16. The van der Waals surface area contributed by atoms with Gasteiger partial charge in [-0.3, -0.25) is 0 Å². The molecule has 0 aliphatic carbocycles. The van der Waals surface area contributed by atoms with Crippen LogP contribution in [0.4, 0.5) is 0 Å². The van der Waals surface area contributed by atoms with Crippen molar-refractivity contribution in [1.29, 1.82) is 0 Å². The molecule has 0 saturated carbocycles. The van der Waals surface area contributed by atoms with E-state index in [0.717, 1.165) is 12.5 Å². The molecule has 1 atom stereocenters. The minimum absolute atomic E-state index is 0.767. The van der Waals surface area contributed by atoms with Crippen LogP contribution in [0.1, 0.15) is 52.9 Å². The van der Waals surface area contributed by atoms with Crippen molar-refractivity contribution in [3.8, 4) is 0 Å². The van der Waals surface area contributed by atoms with Crippen LogP contribution < -0.4 is 5.73 Å². The second-order valence-corrected chi connectivity index (χ2v) is 3.93. The van der Waals surface area contributed by atoms with E-state index >= 15 is 0 Å². The fraction of sp³-hybridized carbons (Fsp3) is 0.833. The number of hydrogen-bond acceptors (Lipinski definition) is 1. The average molecular weight is 183 g/mol. The summed E-state index contributed by atoms with van der Waals surface area (Å²) >= 11 is 0. The molecule has 0 bridgehead atoms. The first-order valence-corrected chi connectivity index (χ1v) is 5.55. The number of nitrogens with two attached hydrogens (primary N) is 1. The monoisotopic (exact) mass is 183 g/mol. The molecule has 0 amide bonds. The van der Waals surface area contributed by atoms with Gasteiger partial charge in [-0.2, -0.15) is 0 Å². The van der Waals surface area contributed by atoms with Gasteiger partial charge >= 0.3 is 0 Å². The molecule has 0 fully saturated rings. The van der Waals surface area contributed by atoms with Crippen molar-refractivity contribution in [2.75, 3.05) is 6.54 Å². The summed E-state index contributed by atoms with van der Waals surface area (Å²) in [5.74, 6) is 0.767. The van der Waals surface area contributed by atoms with Crippen LogP contribution in [0, 0.1) is 5.92 Å². The maximum atomic E-state index is 5.43. The highest BCUT2D eigenvalue weighted by Crippen LogP contribution is 2.17. The van der Waals surface area contributed by atoms with Crippen molar-refractivity contribution < 1.29 is 0 Å². The third-order valence-corrected chi connectivity index (χ3v) is 2.82. The molecule has 0 aromatic rings. The molecule has 1 unspecified atom stereocenters. The third-order valence-electron chi connectivity index (χ3n) is 2.82. The lowest BCUT2D eigenvalue weighted by molar-refractivity contribution is 0.538. The molecule has 2 N–H and O–H groups in total. The lowest BCUT2D eigenvalue weighted by Crippen LogP contribution is -1.99. The predicted molar refractivity (Wildman–Crippen MR) is 60.7 cm³/mol. The zero-order valence-corrected chi connectivity index (χ0v) is 9.47. The Morgan fingerprint density at radius 1 is 1.23 bits per heavy atom. The van der Waals surface area contributed by atoms with Gasteiger partial charge in [0.1, 0.15) is 0 Å². The van der Waals surface area contributed by atoms with Gasteiger partial charge in [0.05, 0.1) is 0 Å². The highest BCUT2D eigenvalue weighted by atomic mass is 14.5. The predicted octanol–water partition coefficient (Wildman–Crippen LogP) is 3.50. The summed E-state index contributed by atoms with van der Waals surface area (Å²) in [7, 11) is 0. The Kier molecular flexibility index (Phi) is 8.11. The van der Waals surface area contributed by atoms with Crippen molar-refractivity contribution in [1.82, 2.24) is 0 Å². The molecule has 13 heavy (non-hydrogen) atoms. The molecule has 0 saturated heterocycles. The summed E-state index contributed by atoms with van der Waals surface area (Å²) in [5.41, 5.74) is 6.96. The first kappa shape index (κ1) is 12.7. The van der Waals surface area contributed by atoms with Crippen LogP contribution in [-0.4, -0.2) is 6.54 Å². The van der Waals surface area contributed by atoms with E-state index in [-0.39, 0.29) is 0 Å². The Bertz CT molecular complexity index is 138. The Balaban J connectivity index is 3.32. The van der Waals surface area contributed by atoms with Crippen LogP contribution in [0.3, 0.4) is 0 Å². The molecule has 1 nitrogen and oxygen atoms in total. The van der Waals surface area contributed by atoms with E-state index in [1.807, 2.05) is 0 Å². The highest BCUT2D eigenvalue weighted by Gasteiger charge is 2.02. The fourth-order valence-electron chi connectivity index (χ4n) is 1.46. The number of unbranched alkanes of at least 4 members (excludes halogenated alkanes) is 3. The largest absolute Gasteiger partial charge is 0.330 e. The summed E-state index contributed by atoms with van der Waals surface area (Å²) in [6.07, 6.45) is 8.76. The standard InChI is InChI=1S/C12H25N/c1-4-11(2)12(3)9-7-5-6-8-10-13/h4,12H,5-10,13H2,1-3H3/b11-4+. The van der Waals surface area contributed by atoms with Crippen molar-refractivity contribution in [2.24, 2.45) is 11.7 Å². The second kappa shape index (κ2) is 8.31. The number of allylic oxidation sites excluding steroid dienone is 2. The molecular formula is C12H25N. The first-order valence-electron chi connectivity index (χ1n) is 5.55. The lowest BCUT2D eigenvalue weighted by atomic mass is 9.95. The molecule has 78 valence electrons. The highest BCUT2D eigenvalue weighted by molar-refractivity contribution is 4.99. The molecule has 0 aliphatic heterocycles. The zero-order chi connectivity index (χ0) is 10.1. The maximum Gasteiger partial charge on any atom is -0.00773 e. The van der Waals surface area contributed by atoms with E-state index in [2.05, 4.69) is 26.8 Å². The van der Waals surface area contributed by atoms with E-state index < -0.39 is 0 Å². The summed E-state index contributed by atoms with van der Waals surface area (Å²) in [6.45, 7) is 7.52. The first-order chi connectivity index (χ1) is 6.22. The summed E-state index contributed by atoms with van der Waals surface area (Å²) in [6, 6.07) is 0. The quantitative estimate of drug-likeness (QED) is 0.474.